The van der Waals surface area contributed by atoms with E-state index in [0.29, 0.717) is 12.3 Å². The van der Waals surface area contributed by atoms with E-state index in [1.54, 1.807) is 0 Å². The van der Waals surface area contributed by atoms with E-state index in [1.165, 1.54) is 12.1 Å². The minimum absolute atomic E-state index is 0.0108. The van der Waals surface area contributed by atoms with Gasteiger partial charge in [-0.3, -0.25) is 0 Å². The van der Waals surface area contributed by atoms with Crippen LogP contribution in [0.25, 0.3) is 0 Å². The molecule has 2 unspecified atom stereocenters. The molecule has 0 amide bonds. The van der Waals surface area contributed by atoms with Gasteiger partial charge in [-0.25, -0.2) is 0 Å². The third-order valence-corrected chi connectivity index (χ3v) is 4.19. The fraction of sp³-hybridized carbons (Fsp3) is 0.625. The Bertz CT molecular complexity index is 384. The molecule has 0 aromatic heterocycles. The van der Waals surface area contributed by atoms with Crippen molar-refractivity contribution in [3.05, 3.63) is 35.4 Å². The number of hydrogen-bond donors (Lipinski definition) is 0. The Morgan fingerprint density at radius 1 is 1.10 bits per heavy atom. The molecule has 1 aromatic carbocycles. The molecule has 0 fully saturated rings. The number of benzene rings is 1. The van der Waals surface area contributed by atoms with Crippen molar-refractivity contribution >= 4 is 11.6 Å². The number of halogens is 4. The van der Waals surface area contributed by atoms with Crippen LogP contribution in [0.5, 0.6) is 0 Å². The molecular weight excluding hydrogens is 285 g/mol. The molecule has 0 aliphatic heterocycles. The highest BCUT2D eigenvalue weighted by atomic mass is 35.5. The van der Waals surface area contributed by atoms with Gasteiger partial charge < -0.3 is 0 Å². The van der Waals surface area contributed by atoms with Crippen molar-refractivity contribution in [1.82, 2.24) is 0 Å². The first-order valence-electron chi connectivity index (χ1n) is 7.18. The summed E-state index contributed by atoms with van der Waals surface area (Å²) in [5.74, 6) is 0.430. The molecule has 0 aliphatic rings. The molecule has 0 nitrogen and oxygen atoms in total. The quantitative estimate of drug-likeness (QED) is 0.536. The monoisotopic (exact) mass is 306 g/mol. The molecule has 4 heteroatoms. The van der Waals surface area contributed by atoms with Crippen LogP contribution in [0, 0.1) is 5.92 Å². The highest BCUT2D eigenvalue weighted by molar-refractivity contribution is 6.20. The topological polar surface area (TPSA) is 0 Å². The molecule has 114 valence electrons. The molecule has 0 saturated carbocycles. The lowest BCUT2D eigenvalue weighted by molar-refractivity contribution is -0.137. The molecule has 0 spiro atoms. The summed E-state index contributed by atoms with van der Waals surface area (Å²) >= 11 is 6.42. The van der Waals surface area contributed by atoms with Crippen molar-refractivity contribution in [3.63, 3.8) is 0 Å². The molecule has 0 bridgehead atoms. The molecule has 0 saturated heterocycles. The largest absolute Gasteiger partial charge is 0.416 e. The summed E-state index contributed by atoms with van der Waals surface area (Å²) in [5, 5.41) is -0.0108. The van der Waals surface area contributed by atoms with E-state index >= 15 is 0 Å². The van der Waals surface area contributed by atoms with Gasteiger partial charge in [-0.2, -0.15) is 13.2 Å². The molecule has 0 aliphatic carbocycles. The van der Waals surface area contributed by atoms with Crippen LogP contribution in [0.1, 0.15) is 50.7 Å². The molecular formula is C16H22ClF3. The fourth-order valence-corrected chi connectivity index (χ4v) is 2.81. The van der Waals surface area contributed by atoms with Crippen LogP contribution in [0.3, 0.4) is 0 Å². The lowest BCUT2D eigenvalue weighted by Gasteiger charge is -2.21. The zero-order valence-corrected chi connectivity index (χ0v) is 12.8. The van der Waals surface area contributed by atoms with Crippen LogP contribution in [-0.2, 0) is 12.6 Å². The van der Waals surface area contributed by atoms with E-state index in [2.05, 4.69) is 13.8 Å². The zero-order chi connectivity index (χ0) is 15.2. The minimum Gasteiger partial charge on any atom is -0.166 e. The number of hydrogen-bond acceptors (Lipinski definition) is 0. The summed E-state index contributed by atoms with van der Waals surface area (Å²) in [6.45, 7) is 4.26. The van der Waals surface area contributed by atoms with Crippen LogP contribution in [0.4, 0.5) is 13.2 Å². The second-order valence-electron chi connectivity index (χ2n) is 5.23. The summed E-state index contributed by atoms with van der Waals surface area (Å²) < 4.78 is 37.4. The lowest BCUT2D eigenvalue weighted by Crippen LogP contribution is -2.17. The number of rotatable bonds is 7. The van der Waals surface area contributed by atoms with E-state index < -0.39 is 11.7 Å². The van der Waals surface area contributed by atoms with E-state index in [-0.39, 0.29) is 5.38 Å². The van der Waals surface area contributed by atoms with E-state index in [0.717, 1.165) is 43.4 Å². The first-order chi connectivity index (χ1) is 9.38. The van der Waals surface area contributed by atoms with Crippen molar-refractivity contribution in [2.45, 2.75) is 57.5 Å². The lowest BCUT2D eigenvalue weighted by atomic mass is 9.91. The van der Waals surface area contributed by atoms with Gasteiger partial charge in [0.2, 0.25) is 0 Å². The van der Waals surface area contributed by atoms with Crippen molar-refractivity contribution in [3.8, 4) is 0 Å². The van der Waals surface area contributed by atoms with Crippen molar-refractivity contribution in [1.29, 1.82) is 0 Å². The summed E-state index contributed by atoms with van der Waals surface area (Å²) in [4.78, 5) is 0. The van der Waals surface area contributed by atoms with E-state index in [9.17, 15) is 13.2 Å². The van der Waals surface area contributed by atoms with Gasteiger partial charge in [0.25, 0.3) is 0 Å². The Balaban J connectivity index is 2.63. The molecule has 0 N–H and O–H groups in total. The molecule has 0 heterocycles. The van der Waals surface area contributed by atoms with Crippen molar-refractivity contribution in [2.75, 3.05) is 0 Å². The van der Waals surface area contributed by atoms with E-state index in [4.69, 9.17) is 11.6 Å². The average molecular weight is 307 g/mol. The van der Waals surface area contributed by atoms with Gasteiger partial charge in [-0.05, 0) is 36.5 Å². The molecule has 20 heavy (non-hydrogen) atoms. The Labute approximate surface area is 124 Å². The third kappa shape index (κ3) is 5.35. The number of alkyl halides is 4. The van der Waals surface area contributed by atoms with Gasteiger partial charge in [-0.1, -0.05) is 45.2 Å². The molecule has 1 rings (SSSR count). The molecule has 1 aromatic rings. The summed E-state index contributed by atoms with van der Waals surface area (Å²) in [5.41, 5.74) is 0.262. The predicted molar refractivity (Wildman–Crippen MR) is 78.1 cm³/mol. The van der Waals surface area contributed by atoms with Gasteiger partial charge >= 0.3 is 6.18 Å². The second kappa shape index (κ2) is 7.92. The van der Waals surface area contributed by atoms with Crippen LogP contribution < -0.4 is 0 Å². The zero-order valence-electron chi connectivity index (χ0n) is 12.0. The highest BCUT2D eigenvalue weighted by Crippen LogP contribution is 2.30. The van der Waals surface area contributed by atoms with Gasteiger partial charge in [0, 0.05) is 5.38 Å². The van der Waals surface area contributed by atoms with Gasteiger partial charge in [0.15, 0.2) is 0 Å². The maximum Gasteiger partial charge on any atom is 0.416 e. The Morgan fingerprint density at radius 2 is 1.70 bits per heavy atom. The minimum atomic E-state index is -4.27. The maximum atomic E-state index is 12.5. The van der Waals surface area contributed by atoms with Gasteiger partial charge in [0.05, 0.1) is 5.56 Å². The van der Waals surface area contributed by atoms with Crippen LogP contribution in [-0.4, -0.2) is 5.38 Å². The van der Waals surface area contributed by atoms with Crippen LogP contribution in [0.2, 0.25) is 0 Å². The van der Waals surface area contributed by atoms with Gasteiger partial charge in [-0.15, -0.1) is 11.6 Å². The van der Waals surface area contributed by atoms with Gasteiger partial charge in [0.1, 0.15) is 0 Å². The molecule has 2 atom stereocenters. The smallest absolute Gasteiger partial charge is 0.166 e. The summed E-state index contributed by atoms with van der Waals surface area (Å²) in [6, 6.07) is 5.33. The standard InChI is InChI=1S/C16H22ClF3/c1-3-5-6-13(4-2)15(17)11-12-7-9-14(10-8-12)16(18,19)20/h7-10,13,15H,3-6,11H2,1-2H3. The first-order valence-corrected chi connectivity index (χ1v) is 7.62. The second-order valence-corrected chi connectivity index (χ2v) is 5.79. The first kappa shape index (κ1) is 17.4. The fourth-order valence-electron chi connectivity index (χ4n) is 2.33. The normalized spacial score (nSPS) is 15.1. The van der Waals surface area contributed by atoms with Crippen molar-refractivity contribution < 1.29 is 13.2 Å². The SMILES string of the molecule is CCCCC(CC)C(Cl)Cc1ccc(C(F)(F)F)cc1. The van der Waals surface area contributed by atoms with Crippen molar-refractivity contribution in [2.24, 2.45) is 5.92 Å². The Hall–Kier alpha value is -0.700. The predicted octanol–water partition coefficient (Wildman–Crippen LogP) is 6.07. The Kier molecular flexibility index (Phi) is 6.87. The number of unbranched alkanes of at least 4 members (excludes halogenated alkanes) is 1. The molecule has 0 radical (unpaired) electrons. The van der Waals surface area contributed by atoms with E-state index in [1.807, 2.05) is 0 Å². The Morgan fingerprint density at radius 3 is 2.15 bits per heavy atom. The summed E-state index contributed by atoms with van der Waals surface area (Å²) in [6.07, 6.45) is 0.736. The highest BCUT2D eigenvalue weighted by Gasteiger charge is 2.30. The van der Waals surface area contributed by atoms with Crippen LogP contribution in [0.15, 0.2) is 24.3 Å². The maximum absolute atomic E-state index is 12.5. The average Bonchev–Trinajstić information content (AvgIpc) is 2.39. The van der Waals surface area contributed by atoms with Crippen LogP contribution >= 0.6 is 11.6 Å². The summed E-state index contributed by atoms with van der Waals surface area (Å²) in [7, 11) is 0. The third-order valence-electron chi connectivity index (χ3n) is 3.68.